The lowest BCUT2D eigenvalue weighted by molar-refractivity contribution is -0.129. The molecular formula is C18H19N3O5S. The molecule has 0 bridgehead atoms. The predicted octanol–water partition coefficient (Wildman–Crippen LogP) is 0.471. The number of piperazine rings is 1. The Balaban J connectivity index is 1.55. The summed E-state index contributed by atoms with van der Waals surface area (Å²) in [5.41, 5.74) is 5.47. The molecule has 1 atom stereocenters. The fraction of sp³-hybridized carbons (Fsp3) is 0.278. The number of benzene rings is 1. The molecule has 0 spiro atoms. The van der Waals surface area contributed by atoms with Gasteiger partial charge in [-0.2, -0.15) is 0 Å². The van der Waals surface area contributed by atoms with Gasteiger partial charge in [0, 0.05) is 36.6 Å². The average Bonchev–Trinajstić information content (AvgIpc) is 3.22. The smallest absolute Gasteiger partial charge is 0.289 e. The molecule has 27 heavy (non-hydrogen) atoms. The molecule has 1 aliphatic heterocycles. The Kier molecular flexibility index (Phi) is 5.70. The third-order valence-corrected chi connectivity index (χ3v) is 5.58. The van der Waals surface area contributed by atoms with E-state index in [1.165, 1.54) is 18.4 Å². The number of carbonyl (C=O) groups is 3. The van der Waals surface area contributed by atoms with Crippen LogP contribution in [0.5, 0.6) is 0 Å². The summed E-state index contributed by atoms with van der Waals surface area (Å²) in [4.78, 5) is 39.5. The lowest BCUT2D eigenvalue weighted by Gasteiger charge is -2.34. The molecule has 3 amide bonds. The van der Waals surface area contributed by atoms with Crippen LogP contribution in [-0.2, 0) is 15.6 Å². The molecule has 1 unspecified atom stereocenters. The predicted molar refractivity (Wildman–Crippen MR) is 97.4 cm³/mol. The maximum Gasteiger partial charge on any atom is 0.289 e. The lowest BCUT2D eigenvalue weighted by atomic mass is 10.2. The number of amides is 3. The van der Waals surface area contributed by atoms with Crippen molar-refractivity contribution >= 4 is 28.5 Å². The third kappa shape index (κ3) is 4.43. The van der Waals surface area contributed by atoms with E-state index in [9.17, 15) is 18.6 Å². The van der Waals surface area contributed by atoms with Crippen molar-refractivity contribution < 1.29 is 23.0 Å². The van der Waals surface area contributed by atoms with Gasteiger partial charge in [0.25, 0.3) is 5.91 Å². The van der Waals surface area contributed by atoms with Gasteiger partial charge < -0.3 is 20.0 Å². The highest BCUT2D eigenvalue weighted by molar-refractivity contribution is 7.85. The number of carbonyl (C=O) groups excluding carboxylic acids is 3. The van der Waals surface area contributed by atoms with E-state index in [-0.39, 0.29) is 28.9 Å². The van der Waals surface area contributed by atoms with Crippen molar-refractivity contribution in [3.8, 4) is 0 Å². The van der Waals surface area contributed by atoms with Gasteiger partial charge in [-0.25, -0.2) is 0 Å². The third-order valence-electron chi connectivity index (χ3n) is 4.29. The van der Waals surface area contributed by atoms with Gasteiger partial charge >= 0.3 is 0 Å². The lowest BCUT2D eigenvalue weighted by Crippen LogP contribution is -2.51. The topological polar surface area (TPSA) is 114 Å². The zero-order valence-electron chi connectivity index (χ0n) is 14.5. The molecule has 1 aromatic carbocycles. The molecule has 0 radical (unpaired) electrons. The Morgan fingerprint density at radius 3 is 2.37 bits per heavy atom. The molecule has 1 saturated heterocycles. The molecule has 8 nitrogen and oxygen atoms in total. The van der Waals surface area contributed by atoms with Gasteiger partial charge in [0.2, 0.25) is 11.8 Å². The van der Waals surface area contributed by atoms with Crippen molar-refractivity contribution in [2.45, 2.75) is 4.90 Å². The van der Waals surface area contributed by atoms with Gasteiger partial charge in [-0.15, -0.1) is 0 Å². The zero-order chi connectivity index (χ0) is 19.4. The molecule has 2 aromatic rings. The SMILES string of the molecule is NC(=O)c1cccc(S(=O)CC(=O)N2CCN(C(=O)c3ccco3)CC2)c1. The zero-order valence-corrected chi connectivity index (χ0v) is 15.3. The fourth-order valence-corrected chi connectivity index (χ4v) is 3.86. The van der Waals surface area contributed by atoms with Crippen molar-refractivity contribution in [2.24, 2.45) is 5.73 Å². The monoisotopic (exact) mass is 389 g/mol. The van der Waals surface area contributed by atoms with E-state index >= 15 is 0 Å². The number of furan rings is 1. The Bertz CT molecular complexity index is 873. The van der Waals surface area contributed by atoms with Crippen molar-refractivity contribution in [3.63, 3.8) is 0 Å². The second-order valence-corrected chi connectivity index (χ2v) is 7.48. The highest BCUT2D eigenvalue weighted by atomic mass is 32.2. The van der Waals surface area contributed by atoms with Gasteiger partial charge in [0.1, 0.15) is 5.75 Å². The van der Waals surface area contributed by atoms with Crippen molar-refractivity contribution in [2.75, 3.05) is 31.9 Å². The Morgan fingerprint density at radius 1 is 1.04 bits per heavy atom. The first kappa shape index (κ1) is 18.8. The fourth-order valence-electron chi connectivity index (χ4n) is 2.79. The van der Waals surface area contributed by atoms with Crippen LogP contribution in [0.15, 0.2) is 52.0 Å². The number of nitrogens with two attached hydrogens (primary N) is 1. The summed E-state index contributed by atoms with van der Waals surface area (Å²) in [6.45, 7) is 1.50. The standard InChI is InChI=1S/C18H19N3O5S/c19-17(23)13-3-1-4-14(11-13)27(25)12-16(22)20-6-8-21(9-7-20)18(24)15-5-2-10-26-15/h1-5,10-11H,6-9,12H2,(H2,19,23). The van der Waals surface area contributed by atoms with Gasteiger partial charge in [-0.1, -0.05) is 6.07 Å². The molecule has 2 N–H and O–H groups in total. The summed E-state index contributed by atoms with van der Waals surface area (Å²) in [5, 5.41) is 0. The summed E-state index contributed by atoms with van der Waals surface area (Å²) in [6, 6.07) is 9.39. The van der Waals surface area contributed by atoms with Gasteiger partial charge in [-0.3, -0.25) is 18.6 Å². The number of primary amides is 1. The Labute approximate surface area is 158 Å². The number of hydrogen-bond donors (Lipinski definition) is 1. The molecule has 3 rings (SSSR count). The van der Waals surface area contributed by atoms with Crippen LogP contribution in [0.2, 0.25) is 0 Å². The normalized spacial score (nSPS) is 15.4. The van der Waals surface area contributed by atoms with Crippen LogP contribution in [0.25, 0.3) is 0 Å². The van der Waals surface area contributed by atoms with Crippen LogP contribution in [0, 0.1) is 0 Å². The van der Waals surface area contributed by atoms with Crippen molar-refractivity contribution in [1.82, 2.24) is 9.80 Å². The Hall–Kier alpha value is -2.94. The summed E-state index contributed by atoms with van der Waals surface area (Å²) >= 11 is 0. The molecule has 142 valence electrons. The second-order valence-electron chi connectivity index (χ2n) is 6.03. The highest BCUT2D eigenvalue weighted by Gasteiger charge is 2.27. The van der Waals surface area contributed by atoms with E-state index in [1.54, 1.807) is 34.1 Å². The van der Waals surface area contributed by atoms with Gasteiger partial charge in [0.15, 0.2) is 5.76 Å². The van der Waals surface area contributed by atoms with Crippen LogP contribution >= 0.6 is 0 Å². The number of hydrogen-bond acceptors (Lipinski definition) is 5. The first-order valence-electron chi connectivity index (χ1n) is 8.34. The maximum atomic E-state index is 12.4. The summed E-state index contributed by atoms with van der Waals surface area (Å²) in [5.74, 6) is -1.00. The molecular weight excluding hydrogens is 370 g/mol. The maximum absolute atomic E-state index is 12.4. The summed E-state index contributed by atoms with van der Waals surface area (Å²) in [7, 11) is -1.58. The van der Waals surface area contributed by atoms with E-state index in [2.05, 4.69) is 0 Å². The van der Waals surface area contributed by atoms with Gasteiger partial charge in [0.05, 0.1) is 17.1 Å². The largest absolute Gasteiger partial charge is 0.459 e. The van der Waals surface area contributed by atoms with E-state index in [0.29, 0.717) is 31.1 Å². The number of nitrogens with zero attached hydrogens (tertiary/aromatic N) is 2. The molecule has 1 aromatic heterocycles. The summed E-state index contributed by atoms with van der Waals surface area (Å²) < 4.78 is 17.5. The van der Waals surface area contributed by atoms with Crippen LogP contribution in [-0.4, -0.2) is 63.7 Å². The van der Waals surface area contributed by atoms with E-state index in [1.807, 2.05) is 0 Å². The van der Waals surface area contributed by atoms with Crippen molar-refractivity contribution in [1.29, 1.82) is 0 Å². The van der Waals surface area contributed by atoms with E-state index in [0.717, 1.165) is 0 Å². The van der Waals surface area contributed by atoms with Crippen LogP contribution < -0.4 is 5.73 Å². The molecule has 2 heterocycles. The van der Waals surface area contributed by atoms with Crippen LogP contribution in [0.4, 0.5) is 0 Å². The van der Waals surface area contributed by atoms with E-state index < -0.39 is 16.7 Å². The first-order valence-corrected chi connectivity index (χ1v) is 9.66. The van der Waals surface area contributed by atoms with Gasteiger partial charge in [-0.05, 0) is 30.3 Å². The summed E-state index contributed by atoms with van der Waals surface area (Å²) in [6.07, 6.45) is 1.44. The molecule has 0 saturated carbocycles. The molecule has 1 aliphatic rings. The van der Waals surface area contributed by atoms with Crippen LogP contribution in [0.3, 0.4) is 0 Å². The number of rotatable bonds is 5. The Morgan fingerprint density at radius 2 is 1.74 bits per heavy atom. The van der Waals surface area contributed by atoms with E-state index in [4.69, 9.17) is 10.2 Å². The average molecular weight is 389 g/mol. The minimum absolute atomic E-state index is 0.186. The minimum Gasteiger partial charge on any atom is -0.459 e. The van der Waals surface area contributed by atoms with Crippen LogP contribution in [0.1, 0.15) is 20.9 Å². The first-order chi connectivity index (χ1) is 13.0. The molecule has 1 fully saturated rings. The highest BCUT2D eigenvalue weighted by Crippen LogP contribution is 2.13. The quantitative estimate of drug-likeness (QED) is 0.798. The molecule has 0 aliphatic carbocycles. The molecule has 9 heteroatoms. The minimum atomic E-state index is -1.58. The second kappa shape index (κ2) is 8.17. The van der Waals surface area contributed by atoms with Crippen molar-refractivity contribution in [3.05, 3.63) is 54.0 Å².